The van der Waals surface area contributed by atoms with E-state index < -0.39 is 11.9 Å². The van der Waals surface area contributed by atoms with Crippen LogP contribution < -0.4 is 0 Å². The minimum absolute atomic E-state index is 0.0587. The van der Waals surface area contributed by atoms with Crippen LogP contribution in [0.5, 0.6) is 0 Å². The Kier molecular flexibility index (Phi) is 3.44. The highest BCUT2D eigenvalue weighted by Gasteiger charge is 2.24. The molecule has 0 radical (unpaired) electrons. The van der Waals surface area contributed by atoms with Gasteiger partial charge in [0.25, 0.3) is 0 Å². The summed E-state index contributed by atoms with van der Waals surface area (Å²) in [6.45, 7) is 1.65. The Morgan fingerprint density at radius 2 is 1.52 bits per heavy atom. The van der Waals surface area contributed by atoms with E-state index in [0.29, 0.717) is 0 Å². The summed E-state index contributed by atoms with van der Waals surface area (Å²) in [6.07, 6.45) is 0. The number of hydrogen-bond acceptors (Lipinski definition) is 3. The smallest absolute Gasteiger partial charge is 0.309 e. The summed E-state index contributed by atoms with van der Waals surface area (Å²) in [5.74, 6) is -1.47. The molecule has 0 aromatic heterocycles. The molecule has 0 amide bonds. The van der Waals surface area contributed by atoms with Gasteiger partial charge in [0, 0.05) is 11.1 Å². The van der Waals surface area contributed by atoms with Crippen LogP contribution in [-0.4, -0.2) is 23.4 Å². The van der Waals surface area contributed by atoms with Crippen molar-refractivity contribution in [2.24, 2.45) is 11.1 Å². The van der Waals surface area contributed by atoms with Gasteiger partial charge in [-0.25, -0.2) is 0 Å². The third-order valence-corrected chi connectivity index (χ3v) is 3.56. The van der Waals surface area contributed by atoms with Crippen molar-refractivity contribution in [1.82, 2.24) is 0 Å². The summed E-state index contributed by atoms with van der Waals surface area (Å²) < 4.78 is 0. The molecular formula is C17H15NO3. The van der Waals surface area contributed by atoms with Gasteiger partial charge in [-0.1, -0.05) is 53.7 Å². The van der Waals surface area contributed by atoms with Crippen molar-refractivity contribution in [2.75, 3.05) is 6.61 Å². The lowest BCUT2D eigenvalue weighted by atomic mass is 10.1. The zero-order valence-electron chi connectivity index (χ0n) is 11.6. The number of benzene rings is 2. The van der Waals surface area contributed by atoms with Crippen molar-refractivity contribution in [2.45, 2.75) is 6.92 Å². The number of nitrogens with zero attached hydrogens (tertiary/aromatic N) is 1. The fourth-order valence-corrected chi connectivity index (χ4v) is 2.38. The number of rotatable bonds is 4. The normalized spacial score (nSPS) is 13.3. The Bertz CT molecular complexity index is 674. The van der Waals surface area contributed by atoms with Gasteiger partial charge in [0.15, 0.2) is 0 Å². The maximum atomic E-state index is 10.8. The highest BCUT2D eigenvalue weighted by atomic mass is 16.6. The SMILES string of the molecule is C[C@@H](CON=C1c2ccccc2-c2ccccc21)C(=O)O. The highest BCUT2D eigenvalue weighted by molar-refractivity contribution is 6.24. The van der Waals surface area contributed by atoms with E-state index in [9.17, 15) is 4.79 Å². The molecule has 1 N–H and O–H groups in total. The Hall–Kier alpha value is -2.62. The molecule has 0 unspecified atom stereocenters. The largest absolute Gasteiger partial charge is 0.481 e. The first-order valence-electron chi connectivity index (χ1n) is 6.80. The lowest BCUT2D eigenvalue weighted by molar-refractivity contribution is -0.143. The first-order valence-corrected chi connectivity index (χ1v) is 6.80. The van der Waals surface area contributed by atoms with Crippen LogP contribution in [0.25, 0.3) is 11.1 Å². The van der Waals surface area contributed by atoms with E-state index in [1.165, 1.54) is 0 Å². The molecule has 4 nitrogen and oxygen atoms in total. The fraction of sp³-hybridized carbons (Fsp3) is 0.176. The standard InChI is InChI=1S/C17H15NO3/c1-11(17(19)20)10-21-18-16-14-8-4-2-6-12(14)13-7-3-5-9-15(13)16/h2-9,11H,10H2,1H3,(H,19,20)/t11-/m0/s1. The minimum atomic E-state index is -0.887. The first-order chi connectivity index (χ1) is 10.2. The highest BCUT2D eigenvalue weighted by Crippen LogP contribution is 2.36. The molecule has 106 valence electrons. The summed E-state index contributed by atoms with van der Waals surface area (Å²) in [5.41, 5.74) is 5.05. The van der Waals surface area contributed by atoms with Crippen molar-refractivity contribution in [1.29, 1.82) is 0 Å². The average molecular weight is 281 g/mol. The van der Waals surface area contributed by atoms with E-state index >= 15 is 0 Å². The lowest BCUT2D eigenvalue weighted by Gasteiger charge is -2.06. The third-order valence-electron chi connectivity index (χ3n) is 3.56. The molecule has 2 aromatic carbocycles. The predicted molar refractivity (Wildman–Crippen MR) is 80.3 cm³/mol. The van der Waals surface area contributed by atoms with Crippen molar-refractivity contribution in [3.63, 3.8) is 0 Å². The quantitative estimate of drug-likeness (QED) is 0.747. The van der Waals surface area contributed by atoms with Gasteiger partial charge in [0.05, 0.1) is 5.92 Å². The summed E-state index contributed by atoms with van der Waals surface area (Å²) in [5, 5.41) is 13.0. The van der Waals surface area contributed by atoms with Crippen LogP contribution in [0.4, 0.5) is 0 Å². The first kappa shape index (κ1) is 13.4. The molecule has 0 saturated carbocycles. The fourth-order valence-electron chi connectivity index (χ4n) is 2.38. The zero-order chi connectivity index (χ0) is 14.8. The van der Waals surface area contributed by atoms with E-state index in [4.69, 9.17) is 9.94 Å². The lowest BCUT2D eigenvalue weighted by Crippen LogP contribution is -2.15. The van der Waals surface area contributed by atoms with E-state index in [0.717, 1.165) is 28.0 Å². The molecule has 0 fully saturated rings. The van der Waals surface area contributed by atoms with Gasteiger partial charge in [-0.05, 0) is 18.1 Å². The molecule has 0 saturated heterocycles. The molecule has 1 atom stereocenters. The molecule has 0 bridgehead atoms. The summed E-state index contributed by atoms with van der Waals surface area (Å²) >= 11 is 0. The van der Waals surface area contributed by atoms with Crippen LogP contribution in [0.1, 0.15) is 18.1 Å². The number of fused-ring (bicyclic) bond motifs is 3. The van der Waals surface area contributed by atoms with Crippen LogP contribution in [-0.2, 0) is 9.63 Å². The Morgan fingerprint density at radius 1 is 1.05 bits per heavy atom. The summed E-state index contributed by atoms with van der Waals surface area (Å²) in [4.78, 5) is 16.1. The van der Waals surface area contributed by atoms with E-state index in [2.05, 4.69) is 17.3 Å². The molecule has 21 heavy (non-hydrogen) atoms. The molecular weight excluding hydrogens is 266 g/mol. The van der Waals surface area contributed by atoms with Gasteiger partial charge in [0.1, 0.15) is 12.3 Å². The molecule has 1 aliphatic carbocycles. The zero-order valence-corrected chi connectivity index (χ0v) is 11.6. The molecule has 0 aliphatic heterocycles. The van der Waals surface area contributed by atoms with E-state index in [1.807, 2.05) is 36.4 Å². The van der Waals surface area contributed by atoms with E-state index in [-0.39, 0.29) is 6.61 Å². The van der Waals surface area contributed by atoms with E-state index in [1.54, 1.807) is 6.92 Å². The molecule has 3 rings (SSSR count). The number of aliphatic carboxylic acids is 1. The van der Waals surface area contributed by atoms with Gasteiger partial charge < -0.3 is 9.94 Å². The van der Waals surface area contributed by atoms with Crippen molar-refractivity contribution in [3.8, 4) is 11.1 Å². The van der Waals surface area contributed by atoms with Crippen LogP contribution in [0.2, 0.25) is 0 Å². The number of carboxylic acid groups (broad SMARTS) is 1. The number of carboxylic acids is 1. The second-order valence-corrected chi connectivity index (χ2v) is 5.07. The summed E-state index contributed by atoms with van der Waals surface area (Å²) in [6, 6.07) is 16.0. The molecule has 1 aliphatic rings. The van der Waals surface area contributed by atoms with Gasteiger partial charge >= 0.3 is 5.97 Å². The molecule has 4 heteroatoms. The maximum Gasteiger partial charge on any atom is 0.309 e. The number of oxime groups is 1. The number of hydrogen-bond donors (Lipinski definition) is 1. The molecule has 0 spiro atoms. The second kappa shape index (κ2) is 5.40. The van der Waals surface area contributed by atoms with Crippen molar-refractivity contribution < 1.29 is 14.7 Å². The van der Waals surface area contributed by atoms with Crippen LogP contribution in [0, 0.1) is 5.92 Å². The number of carbonyl (C=O) groups is 1. The molecule has 2 aromatic rings. The van der Waals surface area contributed by atoms with Gasteiger partial charge in [-0.2, -0.15) is 0 Å². The Morgan fingerprint density at radius 3 is 2.00 bits per heavy atom. The minimum Gasteiger partial charge on any atom is -0.481 e. The van der Waals surface area contributed by atoms with Crippen LogP contribution >= 0.6 is 0 Å². The van der Waals surface area contributed by atoms with Crippen molar-refractivity contribution in [3.05, 3.63) is 59.7 Å². The van der Waals surface area contributed by atoms with Crippen molar-refractivity contribution >= 4 is 11.7 Å². The topological polar surface area (TPSA) is 58.9 Å². The predicted octanol–water partition coefficient (Wildman–Crippen LogP) is 3.16. The maximum absolute atomic E-state index is 10.8. The van der Waals surface area contributed by atoms with Crippen LogP contribution in [0.15, 0.2) is 53.7 Å². The summed E-state index contributed by atoms with van der Waals surface area (Å²) in [7, 11) is 0. The van der Waals surface area contributed by atoms with Crippen LogP contribution in [0.3, 0.4) is 0 Å². The third kappa shape index (κ3) is 2.40. The molecule has 0 heterocycles. The van der Waals surface area contributed by atoms with Gasteiger partial charge in [0.2, 0.25) is 0 Å². The average Bonchev–Trinajstić information content (AvgIpc) is 2.82. The Balaban J connectivity index is 1.93. The monoisotopic (exact) mass is 281 g/mol. The van der Waals surface area contributed by atoms with Gasteiger partial charge in [-0.3, -0.25) is 4.79 Å². The second-order valence-electron chi connectivity index (χ2n) is 5.07. The Labute approximate surface area is 122 Å². The van der Waals surface area contributed by atoms with Gasteiger partial charge in [-0.15, -0.1) is 0 Å².